The van der Waals surface area contributed by atoms with E-state index >= 15 is 0 Å². The number of hydrogen-bond acceptors (Lipinski definition) is 6. The zero-order valence-electron chi connectivity index (χ0n) is 15.0. The summed E-state index contributed by atoms with van der Waals surface area (Å²) in [5, 5.41) is 18.3. The Morgan fingerprint density at radius 2 is 2.00 bits per heavy atom. The molecule has 29 heavy (non-hydrogen) atoms. The van der Waals surface area contributed by atoms with Crippen molar-refractivity contribution in [3.8, 4) is 5.69 Å². The van der Waals surface area contributed by atoms with E-state index in [9.17, 15) is 17.6 Å². The number of alkyl halides is 3. The van der Waals surface area contributed by atoms with Gasteiger partial charge in [-0.05, 0) is 46.7 Å². The van der Waals surface area contributed by atoms with E-state index in [0.717, 1.165) is 12.4 Å². The third-order valence-electron chi connectivity index (χ3n) is 4.33. The standard InChI is InChI=1S/C17H14F4N8/c1-2-12(23-14-5-6-15-24-26-27-29(15)25-14)10-3-4-13(11(18)9-10)28-8-7-22-16(28)17(19,20)21/h3-9,12H,2H2,1H3,(H,23,25). The van der Waals surface area contributed by atoms with Gasteiger partial charge in [-0.2, -0.15) is 13.2 Å². The number of rotatable bonds is 5. The molecule has 4 rings (SSSR count). The van der Waals surface area contributed by atoms with Crippen molar-refractivity contribution in [2.24, 2.45) is 0 Å². The van der Waals surface area contributed by atoms with E-state index in [4.69, 9.17) is 0 Å². The predicted molar refractivity (Wildman–Crippen MR) is 93.8 cm³/mol. The van der Waals surface area contributed by atoms with Gasteiger partial charge < -0.3 is 5.32 Å². The van der Waals surface area contributed by atoms with Gasteiger partial charge in [0.05, 0.1) is 11.7 Å². The summed E-state index contributed by atoms with van der Waals surface area (Å²) < 4.78 is 55.8. The average Bonchev–Trinajstić information content (AvgIpc) is 3.34. The fraction of sp³-hybridized carbons (Fsp3) is 0.235. The first kappa shape index (κ1) is 18.8. The molecule has 0 saturated heterocycles. The number of tetrazole rings is 1. The van der Waals surface area contributed by atoms with Gasteiger partial charge in [-0.25, -0.2) is 9.37 Å². The maximum absolute atomic E-state index is 14.7. The summed E-state index contributed by atoms with van der Waals surface area (Å²) in [7, 11) is 0. The van der Waals surface area contributed by atoms with Crippen LogP contribution in [0.2, 0.25) is 0 Å². The molecule has 0 fully saturated rings. The van der Waals surface area contributed by atoms with Crippen LogP contribution < -0.4 is 5.32 Å². The summed E-state index contributed by atoms with van der Waals surface area (Å²) in [6.07, 6.45) is -2.06. The van der Waals surface area contributed by atoms with Gasteiger partial charge in [0.25, 0.3) is 0 Å². The maximum atomic E-state index is 14.7. The first-order valence-electron chi connectivity index (χ1n) is 8.59. The minimum atomic E-state index is -4.69. The van der Waals surface area contributed by atoms with Crippen LogP contribution in [0.4, 0.5) is 23.4 Å². The second-order valence-electron chi connectivity index (χ2n) is 6.18. The number of benzene rings is 1. The van der Waals surface area contributed by atoms with Gasteiger partial charge in [0.2, 0.25) is 5.82 Å². The number of nitrogens with zero attached hydrogens (tertiary/aromatic N) is 7. The number of hydrogen-bond donors (Lipinski definition) is 1. The number of nitrogens with one attached hydrogen (secondary N) is 1. The quantitative estimate of drug-likeness (QED) is 0.511. The average molecular weight is 406 g/mol. The third-order valence-corrected chi connectivity index (χ3v) is 4.33. The number of fused-ring (bicyclic) bond motifs is 1. The van der Waals surface area contributed by atoms with Gasteiger partial charge in [0.15, 0.2) is 5.65 Å². The van der Waals surface area contributed by atoms with E-state index in [2.05, 4.69) is 30.9 Å². The lowest BCUT2D eigenvalue weighted by Crippen LogP contribution is -2.15. The summed E-state index contributed by atoms with van der Waals surface area (Å²) in [6.45, 7) is 1.89. The van der Waals surface area contributed by atoms with Gasteiger partial charge in [0, 0.05) is 12.4 Å². The molecule has 1 unspecified atom stereocenters. The normalized spacial score (nSPS) is 13.0. The largest absolute Gasteiger partial charge is 0.450 e. The highest BCUT2D eigenvalue weighted by atomic mass is 19.4. The van der Waals surface area contributed by atoms with Crippen LogP contribution in [0.25, 0.3) is 11.3 Å². The molecule has 0 aliphatic rings. The molecule has 0 aliphatic carbocycles. The minimum absolute atomic E-state index is 0.235. The molecule has 12 heteroatoms. The molecule has 0 amide bonds. The van der Waals surface area contributed by atoms with Crippen LogP contribution in [0.15, 0.2) is 42.7 Å². The van der Waals surface area contributed by atoms with Crippen molar-refractivity contribution in [3.63, 3.8) is 0 Å². The van der Waals surface area contributed by atoms with Crippen molar-refractivity contribution >= 4 is 11.5 Å². The van der Waals surface area contributed by atoms with Crippen LogP contribution in [0.5, 0.6) is 0 Å². The fourth-order valence-corrected chi connectivity index (χ4v) is 2.97. The number of imidazole rings is 1. The molecule has 8 nitrogen and oxygen atoms in total. The highest BCUT2D eigenvalue weighted by molar-refractivity contribution is 5.45. The van der Waals surface area contributed by atoms with Gasteiger partial charge in [-0.15, -0.1) is 14.8 Å². The Morgan fingerprint density at radius 1 is 1.17 bits per heavy atom. The van der Waals surface area contributed by atoms with E-state index in [1.807, 2.05) is 6.92 Å². The van der Waals surface area contributed by atoms with Crippen molar-refractivity contribution in [2.75, 3.05) is 5.32 Å². The molecule has 0 saturated carbocycles. The molecule has 150 valence electrons. The fourth-order valence-electron chi connectivity index (χ4n) is 2.97. The monoisotopic (exact) mass is 406 g/mol. The Labute approximate surface area is 161 Å². The second kappa shape index (κ2) is 7.11. The summed E-state index contributed by atoms with van der Waals surface area (Å²) in [6, 6.07) is 7.08. The van der Waals surface area contributed by atoms with Gasteiger partial charge in [0.1, 0.15) is 11.6 Å². The van der Waals surface area contributed by atoms with Crippen LogP contribution in [0.1, 0.15) is 30.8 Å². The molecule has 1 atom stereocenters. The van der Waals surface area contributed by atoms with E-state index in [-0.39, 0.29) is 11.7 Å². The predicted octanol–water partition coefficient (Wildman–Crippen LogP) is 3.43. The zero-order chi connectivity index (χ0) is 20.6. The summed E-state index contributed by atoms with van der Waals surface area (Å²) in [4.78, 5) is 3.29. The Bertz CT molecular complexity index is 1150. The first-order chi connectivity index (χ1) is 13.9. The van der Waals surface area contributed by atoms with E-state index in [1.54, 1.807) is 18.2 Å². The van der Waals surface area contributed by atoms with E-state index in [1.165, 1.54) is 16.8 Å². The lowest BCUT2D eigenvalue weighted by atomic mass is 10.0. The third kappa shape index (κ3) is 3.60. The summed E-state index contributed by atoms with van der Waals surface area (Å²) in [5.74, 6) is -1.52. The van der Waals surface area contributed by atoms with Gasteiger partial charge in [-0.3, -0.25) is 4.57 Å². The molecule has 4 aromatic rings. The molecule has 1 aromatic carbocycles. The van der Waals surface area contributed by atoms with Crippen molar-refractivity contribution in [1.82, 2.24) is 34.8 Å². The number of halogens is 4. The smallest absolute Gasteiger partial charge is 0.362 e. The van der Waals surface area contributed by atoms with Crippen LogP contribution >= 0.6 is 0 Å². The molecule has 0 spiro atoms. The lowest BCUT2D eigenvalue weighted by molar-refractivity contribution is -0.145. The summed E-state index contributed by atoms with van der Waals surface area (Å²) >= 11 is 0. The van der Waals surface area contributed by atoms with Crippen molar-refractivity contribution in [1.29, 1.82) is 0 Å². The topological polar surface area (TPSA) is 85.8 Å². The van der Waals surface area contributed by atoms with Crippen molar-refractivity contribution in [2.45, 2.75) is 25.6 Å². The number of anilines is 1. The van der Waals surface area contributed by atoms with Crippen LogP contribution in [0, 0.1) is 5.82 Å². The molecule has 0 radical (unpaired) electrons. The van der Waals surface area contributed by atoms with E-state index < -0.39 is 17.8 Å². The molecule has 3 heterocycles. The van der Waals surface area contributed by atoms with E-state index in [0.29, 0.717) is 28.0 Å². The SMILES string of the molecule is CCC(Nc1ccc2nnnn2n1)c1ccc(-n2ccnc2C(F)(F)F)c(F)c1. The molecule has 0 bridgehead atoms. The Morgan fingerprint density at radius 3 is 2.72 bits per heavy atom. The minimum Gasteiger partial charge on any atom is -0.362 e. The van der Waals surface area contributed by atoms with Crippen LogP contribution in [0.3, 0.4) is 0 Å². The van der Waals surface area contributed by atoms with Gasteiger partial charge in [-0.1, -0.05) is 13.0 Å². The highest BCUT2D eigenvalue weighted by Gasteiger charge is 2.36. The molecule has 3 aromatic heterocycles. The Balaban J connectivity index is 1.63. The lowest BCUT2D eigenvalue weighted by Gasteiger charge is -2.19. The second-order valence-corrected chi connectivity index (χ2v) is 6.18. The first-order valence-corrected chi connectivity index (χ1v) is 8.59. The van der Waals surface area contributed by atoms with Gasteiger partial charge >= 0.3 is 6.18 Å². The van der Waals surface area contributed by atoms with Crippen molar-refractivity contribution in [3.05, 3.63) is 59.9 Å². The Hall–Kier alpha value is -3.57. The van der Waals surface area contributed by atoms with Crippen molar-refractivity contribution < 1.29 is 17.6 Å². The van der Waals surface area contributed by atoms with Crippen LogP contribution in [-0.2, 0) is 6.18 Å². The summed E-state index contributed by atoms with van der Waals surface area (Å²) in [5.41, 5.74) is 0.794. The van der Waals surface area contributed by atoms with Crippen LogP contribution in [-0.4, -0.2) is 34.8 Å². The molecular weight excluding hydrogens is 392 g/mol. The maximum Gasteiger partial charge on any atom is 0.450 e. The highest BCUT2D eigenvalue weighted by Crippen LogP contribution is 2.31. The number of aromatic nitrogens is 7. The molecular formula is C17H14F4N8. The molecule has 1 N–H and O–H groups in total. The Kier molecular flexibility index (Phi) is 4.60. The zero-order valence-corrected chi connectivity index (χ0v) is 15.0. The molecule has 0 aliphatic heterocycles.